The molecule has 0 saturated heterocycles. The van der Waals surface area contributed by atoms with E-state index in [0.29, 0.717) is 29.8 Å². The molecule has 1 amide bonds. The average Bonchev–Trinajstić information content (AvgIpc) is 2.88. The Morgan fingerprint density at radius 2 is 2.00 bits per heavy atom. The standard InChI is InChI=1S/C16H21N3O3S/c1-11-9-18-15(23-11)19-14(20)12-5-6-13(17-10-12)21-7-8-22-16(2,3)4/h5-6,9-10H,7-8H2,1-4H3,(H,18,19,20). The van der Waals surface area contributed by atoms with Crippen molar-refractivity contribution in [1.82, 2.24) is 9.97 Å². The van der Waals surface area contributed by atoms with Crippen LogP contribution in [0, 0.1) is 6.92 Å². The van der Waals surface area contributed by atoms with E-state index in [0.717, 1.165) is 4.88 Å². The van der Waals surface area contributed by atoms with Gasteiger partial charge in [-0.05, 0) is 33.8 Å². The van der Waals surface area contributed by atoms with Crippen LogP contribution in [-0.4, -0.2) is 34.7 Å². The molecule has 0 aliphatic heterocycles. The van der Waals surface area contributed by atoms with E-state index in [1.807, 2.05) is 27.7 Å². The van der Waals surface area contributed by atoms with Crippen LogP contribution in [0.5, 0.6) is 5.88 Å². The minimum absolute atomic E-state index is 0.188. The predicted octanol–water partition coefficient (Wildman–Crippen LogP) is 3.29. The van der Waals surface area contributed by atoms with E-state index in [1.54, 1.807) is 18.3 Å². The number of carbonyl (C=O) groups is 1. The van der Waals surface area contributed by atoms with Gasteiger partial charge >= 0.3 is 0 Å². The van der Waals surface area contributed by atoms with Crippen LogP contribution in [0.1, 0.15) is 36.0 Å². The summed E-state index contributed by atoms with van der Waals surface area (Å²) in [6, 6.07) is 3.34. The van der Waals surface area contributed by atoms with Crippen molar-refractivity contribution in [2.75, 3.05) is 18.5 Å². The molecule has 0 atom stereocenters. The molecule has 0 fully saturated rings. The number of anilines is 1. The number of carbonyl (C=O) groups excluding carboxylic acids is 1. The van der Waals surface area contributed by atoms with Gasteiger partial charge in [0.25, 0.3) is 5.91 Å². The van der Waals surface area contributed by atoms with E-state index < -0.39 is 0 Å². The van der Waals surface area contributed by atoms with Gasteiger partial charge in [0.2, 0.25) is 5.88 Å². The summed E-state index contributed by atoms with van der Waals surface area (Å²) in [5.41, 5.74) is 0.267. The molecule has 2 aromatic rings. The highest BCUT2D eigenvalue weighted by Gasteiger charge is 2.11. The number of amides is 1. The molecule has 0 aliphatic rings. The molecule has 1 N–H and O–H groups in total. The van der Waals surface area contributed by atoms with Crippen LogP contribution in [0.4, 0.5) is 5.13 Å². The normalized spacial score (nSPS) is 11.3. The van der Waals surface area contributed by atoms with Crippen molar-refractivity contribution in [1.29, 1.82) is 0 Å². The Labute approximate surface area is 139 Å². The van der Waals surface area contributed by atoms with Gasteiger partial charge in [0.15, 0.2) is 5.13 Å². The number of nitrogens with zero attached hydrogens (tertiary/aromatic N) is 2. The Kier molecular flexibility index (Phi) is 5.68. The van der Waals surface area contributed by atoms with Crippen molar-refractivity contribution >= 4 is 22.4 Å². The lowest BCUT2D eigenvalue weighted by Crippen LogP contribution is -2.22. The minimum atomic E-state index is -0.241. The average molecular weight is 335 g/mol. The number of rotatable bonds is 6. The van der Waals surface area contributed by atoms with Crippen LogP contribution in [0.15, 0.2) is 24.5 Å². The molecule has 0 unspecified atom stereocenters. The first-order chi connectivity index (χ1) is 10.8. The van der Waals surface area contributed by atoms with Crippen LogP contribution in [0.3, 0.4) is 0 Å². The Morgan fingerprint density at radius 3 is 2.57 bits per heavy atom. The largest absolute Gasteiger partial charge is 0.475 e. The van der Waals surface area contributed by atoms with Crippen molar-refractivity contribution in [3.8, 4) is 5.88 Å². The Bertz CT molecular complexity index is 647. The van der Waals surface area contributed by atoms with Gasteiger partial charge in [-0.3, -0.25) is 10.1 Å². The molecule has 0 bridgehead atoms. The molecule has 2 heterocycles. The highest BCUT2D eigenvalue weighted by Crippen LogP contribution is 2.17. The van der Waals surface area contributed by atoms with Gasteiger partial charge in [-0.15, -0.1) is 11.3 Å². The zero-order chi connectivity index (χ0) is 16.9. The fraction of sp³-hybridized carbons (Fsp3) is 0.438. The highest BCUT2D eigenvalue weighted by atomic mass is 32.1. The molecule has 23 heavy (non-hydrogen) atoms. The first-order valence-corrected chi connectivity index (χ1v) is 8.12. The lowest BCUT2D eigenvalue weighted by molar-refractivity contribution is -0.0168. The zero-order valence-corrected chi connectivity index (χ0v) is 14.6. The van der Waals surface area contributed by atoms with Crippen LogP contribution in [-0.2, 0) is 4.74 Å². The highest BCUT2D eigenvalue weighted by molar-refractivity contribution is 7.15. The minimum Gasteiger partial charge on any atom is -0.475 e. The van der Waals surface area contributed by atoms with E-state index >= 15 is 0 Å². The number of aryl methyl sites for hydroxylation is 1. The van der Waals surface area contributed by atoms with Crippen molar-refractivity contribution in [2.45, 2.75) is 33.3 Å². The maximum Gasteiger partial charge on any atom is 0.259 e. The number of pyridine rings is 1. The molecule has 0 spiro atoms. The van der Waals surface area contributed by atoms with E-state index in [2.05, 4.69) is 15.3 Å². The molecule has 0 saturated carbocycles. The third-order valence-electron chi connectivity index (χ3n) is 2.71. The third kappa shape index (κ3) is 5.96. The second-order valence-corrected chi connectivity index (χ2v) is 7.16. The molecule has 2 rings (SSSR count). The van der Waals surface area contributed by atoms with Crippen LogP contribution < -0.4 is 10.1 Å². The number of nitrogens with one attached hydrogen (secondary N) is 1. The Morgan fingerprint density at radius 1 is 1.22 bits per heavy atom. The number of hydrogen-bond donors (Lipinski definition) is 1. The molecule has 2 aromatic heterocycles. The molecule has 6 nitrogen and oxygen atoms in total. The van der Waals surface area contributed by atoms with Crippen LogP contribution in [0.2, 0.25) is 0 Å². The first kappa shape index (κ1) is 17.4. The lowest BCUT2D eigenvalue weighted by atomic mass is 10.2. The van der Waals surface area contributed by atoms with Gasteiger partial charge in [0, 0.05) is 23.3 Å². The second kappa shape index (κ2) is 7.52. The van der Waals surface area contributed by atoms with E-state index in [9.17, 15) is 4.79 Å². The third-order valence-corrected chi connectivity index (χ3v) is 3.54. The quantitative estimate of drug-likeness (QED) is 0.820. The monoisotopic (exact) mass is 335 g/mol. The molecule has 0 aliphatic carbocycles. The van der Waals surface area contributed by atoms with Gasteiger partial charge in [-0.1, -0.05) is 0 Å². The van der Waals surface area contributed by atoms with Gasteiger partial charge < -0.3 is 9.47 Å². The van der Waals surface area contributed by atoms with Gasteiger partial charge in [-0.2, -0.15) is 0 Å². The smallest absolute Gasteiger partial charge is 0.259 e. The van der Waals surface area contributed by atoms with Crippen molar-refractivity contribution in [3.63, 3.8) is 0 Å². The Hall–Kier alpha value is -1.99. The topological polar surface area (TPSA) is 73.3 Å². The van der Waals surface area contributed by atoms with Crippen LogP contribution in [0.25, 0.3) is 0 Å². The van der Waals surface area contributed by atoms with Crippen LogP contribution >= 0.6 is 11.3 Å². The summed E-state index contributed by atoms with van der Waals surface area (Å²) >= 11 is 1.43. The zero-order valence-electron chi connectivity index (χ0n) is 13.8. The molecule has 0 aromatic carbocycles. The fourth-order valence-electron chi connectivity index (χ4n) is 1.68. The number of aromatic nitrogens is 2. The van der Waals surface area contributed by atoms with Gasteiger partial charge in [0.1, 0.15) is 6.61 Å². The summed E-state index contributed by atoms with van der Waals surface area (Å²) < 4.78 is 11.0. The number of ether oxygens (including phenoxy) is 2. The van der Waals surface area contributed by atoms with E-state index in [1.165, 1.54) is 17.5 Å². The maximum absolute atomic E-state index is 12.1. The van der Waals surface area contributed by atoms with E-state index in [-0.39, 0.29) is 11.5 Å². The van der Waals surface area contributed by atoms with Gasteiger partial charge in [-0.25, -0.2) is 9.97 Å². The fourth-order valence-corrected chi connectivity index (χ4v) is 2.34. The summed E-state index contributed by atoms with van der Waals surface area (Å²) in [4.78, 5) is 21.3. The molecular formula is C16H21N3O3S. The van der Waals surface area contributed by atoms with Crippen molar-refractivity contribution < 1.29 is 14.3 Å². The summed E-state index contributed by atoms with van der Waals surface area (Å²) in [6.07, 6.45) is 3.20. The second-order valence-electron chi connectivity index (χ2n) is 5.92. The molecule has 124 valence electrons. The lowest BCUT2D eigenvalue weighted by Gasteiger charge is -2.19. The Balaban J connectivity index is 1.83. The first-order valence-electron chi connectivity index (χ1n) is 7.30. The number of hydrogen-bond acceptors (Lipinski definition) is 6. The SMILES string of the molecule is Cc1cnc(NC(=O)c2ccc(OCCOC(C)(C)C)nc2)s1. The summed E-state index contributed by atoms with van der Waals surface area (Å²) in [5.74, 6) is 0.221. The van der Waals surface area contributed by atoms with Gasteiger partial charge in [0.05, 0.1) is 17.8 Å². The maximum atomic E-state index is 12.1. The number of thiazole rings is 1. The predicted molar refractivity (Wildman–Crippen MR) is 90.2 cm³/mol. The van der Waals surface area contributed by atoms with Crippen molar-refractivity contribution in [3.05, 3.63) is 35.0 Å². The molecule has 0 radical (unpaired) electrons. The summed E-state index contributed by atoms with van der Waals surface area (Å²) in [7, 11) is 0. The summed E-state index contributed by atoms with van der Waals surface area (Å²) in [6.45, 7) is 8.79. The van der Waals surface area contributed by atoms with Crippen molar-refractivity contribution in [2.24, 2.45) is 0 Å². The molecular weight excluding hydrogens is 314 g/mol. The van der Waals surface area contributed by atoms with E-state index in [4.69, 9.17) is 9.47 Å². The summed E-state index contributed by atoms with van der Waals surface area (Å²) in [5, 5.41) is 3.31. The molecule has 7 heteroatoms.